The molecule has 0 spiro atoms. The minimum absolute atomic E-state index is 0.598. The molecule has 0 amide bonds. The quantitative estimate of drug-likeness (QED) is 0.610. The number of rotatable bonds is 4. The molecule has 0 bridgehead atoms. The van der Waals surface area contributed by atoms with Crippen LogP contribution in [0.1, 0.15) is 59.3 Å². The van der Waals surface area contributed by atoms with Crippen molar-refractivity contribution < 1.29 is 0 Å². The fraction of sp³-hybridized carbons (Fsp3) is 0.857. The Morgan fingerprint density at radius 2 is 2.21 bits per heavy atom. The van der Waals surface area contributed by atoms with Crippen molar-refractivity contribution in [3.05, 3.63) is 13.3 Å². The molecule has 0 aliphatic heterocycles. The van der Waals surface area contributed by atoms with Gasteiger partial charge in [0.05, 0.1) is 0 Å². The highest BCUT2D eigenvalue weighted by atomic mass is 14.4. The zero-order valence-corrected chi connectivity index (χ0v) is 10.2. The van der Waals surface area contributed by atoms with E-state index in [1.807, 2.05) is 0 Å². The average Bonchev–Trinajstić information content (AvgIpc) is 2.15. The van der Waals surface area contributed by atoms with Crippen molar-refractivity contribution in [1.29, 1.82) is 0 Å². The van der Waals surface area contributed by atoms with Crippen LogP contribution in [0.4, 0.5) is 0 Å². The van der Waals surface area contributed by atoms with Gasteiger partial charge in [-0.25, -0.2) is 0 Å². The van der Waals surface area contributed by atoms with Crippen LogP contribution in [0.2, 0.25) is 0 Å². The van der Waals surface area contributed by atoms with E-state index in [2.05, 4.69) is 34.1 Å². The summed E-state index contributed by atoms with van der Waals surface area (Å²) in [5.41, 5.74) is 0.598. The van der Waals surface area contributed by atoms with Gasteiger partial charge in [-0.1, -0.05) is 47.0 Å². The Morgan fingerprint density at radius 3 is 2.79 bits per heavy atom. The second kappa shape index (κ2) is 5.19. The van der Waals surface area contributed by atoms with E-state index in [0.29, 0.717) is 5.41 Å². The molecule has 1 rings (SSSR count). The topological polar surface area (TPSA) is 0 Å². The van der Waals surface area contributed by atoms with E-state index >= 15 is 0 Å². The molecule has 82 valence electrons. The zero-order valence-electron chi connectivity index (χ0n) is 10.2. The Bertz CT molecular complexity index is 159. The molecule has 2 radical (unpaired) electrons. The summed E-state index contributed by atoms with van der Waals surface area (Å²) in [6.07, 6.45) is 10.5. The van der Waals surface area contributed by atoms with E-state index < -0.39 is 0 Å². The minimum atomic E-state index is 0.598. The van der Waals surface area contributed by atoms with E-state index in [0.717, 1.165) is 18.3 Å². The molecule has 0 aromatic rings. The van der Waals surface area contributed by atoms with Crippen LogP contribution in [0.25, 0.3) is 0 Å². The number of hydrogen-bond acceptors (Lipinski definition) is 0. The molecule has 1 fully saturated rings. The van der Waals surface area contributed by atoms with Gasteiger partial charge in [0.2, 0.25) is 0 Å². The molecule has 0 aromatic heterocycles. The van der Waals surface area contributed by atoms with Gasteiger partial charge >= 0.3 is 0 Å². The van der Waals surface area contributed by atoms with Crippen molar-refractivity contribution in [2.24, 2.45) is 17.3 Å². The number of unbranched alkanes of at least 4 members (excludes halogenated alkanes) is 1. The van der Waals surface area contributed by atoms with Gasteiger partial charge in [0, 0.05) is 0 Å². The first-order valence-electron chi connectivity index (χ1n) is 6.21. The Morgan fingerprint density at radius 1 is 1.50 bits per heavy atom. The van der Waals surface area contributed by atoms with Crippen molar-refractivity contribution in [3.8, 4) is 0 Å². The van der Waals surface area contributed by atoms with Gasteiger partial charge in [0.25, 0.3) is 0 Å². The van der Waals surface area contributed by atoms with Crippen molar-refractivity contribution in [1.82, 2.24) is 0 Å². The molecule has 1 aliphatic carbocycles. The predicted octanol–water partition coefficient (Wildman–Crippen LogP) is 4.66. The SMILES string of the molecule is [CH2]CC[CH]C1CCCC(C)(C(C)C)C1. The van der Waals surface area contributed by atoms with Crippen molar-refractivity contribution in [3.63, 3.8) is 0 Å². The third-order valence-corrected chi connectivity index (χ3v) is 4.15. The van der Waals surface area contributed by atoms with E-state index in [1.165, 1.54) is 32.1 Å². The highest BCUT2D eigenvalue weighted by molar-refractivity contribution is 4.90. The third kappa shape index (κ3) is 3.00. The first kappa shape index (κ1) is 12.1. The Hall–Kier alpha value is 0. The van der Waals surface area contributed by atoms with Crippen LogP contribution in [0.3, 0.4) is 0 Å². The molecule has 2 unspecified atom stereocenters. The van der Waals surface area contributed by atoms with Gasteiger partial charge in [0.15, 0.2) is 0 Å². The predicted molar refractivity (Wildman–Crippen MR) is 63.8 cm³/mol. The summed E-state index contributed by atoms with van der Waals surface area (Å²) in [5, 5.41) is 0. The summed E-state index contributed by atoms with van der Waals surface area (Å²) in [4.78, 5) is 0. The molecule has 0 saturated heterocycles. The van der Waals surface area contributed by atoms with Gasteiger partial charge in [-0.3, -0.25) is 0 Å². The first-order chi connectivity index (χ1) is 6.58. The molecule has 2 atom stereocenters. The van der Waals surface area contributed by atoms with E-state index in [4.69, 9.17) is 0 Å². The average molecular weight is 194 g/mol. The van der Waals surface area contributed by atoms with Gasteiger partial charge in [-0.15, -0.1) is 0 Å². The summed E-state index contributed by atoms with van der Waals surface area (Å²) >= 11 is 0. The van der Waals surface area contributed by atoms with Crippen molar-refractivity contribution >= 4 is 0 Å². The van der Waals surface area contributed by atoms with Crippen molar-refractivity contribution in [2.75, 3.05) is 0 Å². The lowest BCUT2D eigenvalue weighted by molar-refractivity contribution is 0.112. The summed E-state index contributed by atoms with van der Waals surface area (Å²) in [6.45, 7) is 11.1. The molecule has 0 N–H and O–H groups in total. The molecule has 0 aromatic carbocycles. The van der Waals surface area contributed by atoms with Gasteiger partial charge in [-0.2, -0.15) is 0 Å². The second-order valence-corrected chi connectivity index (χ2v) is 5.54. The molecule has 0 nitrogen and oxygen atoms in total. The van der Waals surface area contributed by atoms with Crippen molar-refractivity contribution in [2.45, 2.75) is 59.3 Å². The Labute approximate surface area is 90.5 Å². The van der Waals surface area contributed by atoms with Crippen LogP contribution in [0, 0.1) is 30.6 Å². The summed E-state index contributed by atoms with van der Waals surface area (Å²) < 4.78 is 0. The molecule has 0 heteroatoms. The minimum Gasteiger partial charge on any atom is -0.0623 e. The lowest BCUT2D eigenvalue weighted by Gasteiger charge is -2.41. The van der Waals surface area contributed by atoms with Gasteiger partial charge < -0.3 is 0 Å². The van der Waals surface area contributed by atoms with Crippen LogP contribution in [0.15, 0.2) is 0 Å². The maximum atomic E-state index is 3.91. The first-order valence-corrected chi connectivity index (χ1v) is 6.21. The molecular formula is C14H26. The third-order valence-electron chi connectivity index (χ3n) is 4.15. The maximum Gasteiger partial charge on any atom is -0.0300 e. The van der Waals surface area contributed by atoms with Crippen LogP contribution in [-0.2, 0) is 0 Å². The summed E-state index contributed by atoms with van der Waals surface area (Å²) in [7, 11) is 0. The van der Waals surface area contributed by atoms with E-state index in [1.54, 1.807) is 0 Å². The van der Waals surface area contributed by atoms with Crippen LogP contribution >= 0.6 is 0 Å². The second-order valence-electron chi connectivity index (χ2n) is 5.54. The largest absolute Gasteiger partial charge is 0.0623 e. The summed E-state index contributed by atoms with van der Waals surface area (Å²) in [6, 6.07) is 0. The summed E-state index contributed by atoms with van der Waals surface area (Å²) in [5.74, 6) is 1.70. The van der Waals surface area contributed by atoms with Crippen LogP contribution in [0.5, 0.6) is 0 Å². The Balaban J connectivity index is 2.42. The highest BCUT2D eigenvalue weighted by Crippen LogP contribution is 2.45. The molecule has 1 aliphatic rings. The lowest BCUT2D eigenvalue weighted by atomic mass is 9.64. The standard InChI is InChI=1S/C14H26/c1-5-6-8-13-9-7-10-14(4,11-13)12(2)3/h8,12-13H,1,5-7,9-11H2,2-4H3. The molecule has 14 heavy (non-hydrogen) atoms. The van der Waals surface area contributed by atoms with Crippen LogP contribution in [-0.4, -0.2) is 0 Å². The zero-order chi connectivity index (χ0) is 10.6. The fourth-order valence-electron chi connectivity index (χ4n) is 2.65. The monoisotopic (exact) mass is 194 g/mol. The Kier molecular flexibility index (Phi) is 4.47. The van der Waals surface area contributed by atoms with E-state index in [-0.39, 0.29) is 0 Å². The molecule has 1 saturated carbocycles. The van der Waals surface area contributed by atoms with Gasteiger partial charge in [-0.05, 0) is 42.9 Å². The maximum absolute atomic E-state index is 3.91. The smallest absolute Gasteiger partial charge is 0.0300 e. The molecular weight excluding hydrogens is 168 g/mol. The lowest BCUT2D eigenvalue weighted by Crippen LogP contribution is -2.30. The fourth-order valence-corrected chi connectivity index (χ4v) is 2.65. The van der Waals surface area contributed by atoms with Gasteiger partial charge in [0.1, 0.15) is 0 Å². The van der Waals surface area contributed by atoms with E-state index in [9.17, 15) is 0 Å². The molecule has 0 heterocycles. The normalized spacial score (nSPS) is 33.6. The highest BCUT2D eigenvalue weighted by Gasteiger charge is 2.34. The number of hydrogen-bond donors (Lipinski definition) is 0. The van der Waals surface area contributed by atoms with Crippen LogP contribution < -0.4 is 0 Å².